The predicted molar refractivity (Wildman–Crippen MR) is 98.7 cm³/mol. The molecule has 1 heterocycles. The SMILES string of the molecule is CSCCC(NC(=O)Nc1ccc2c(c1)C(=O)N(C(C)C)C2=O)C(=O)O. The largest absolute Gasteiger partial charge is 0.480 e. The summed E-state index contributed by atoms with van der Waals surface area (Å²) in [6.45, 7) is 3.49. The topological polar surface area (TPSA) is 116 Å². The van der Waals surface area contributed by atoms with Crippen LogP contribution < -0.4 is 10.6 Å². The number of amides is 4. The first-order chi connectivity index (χ1) is 12.3. The van der Waals surface area contributed by atoms with Crippen molar-refractivity contribution in [2.45, 2.75) is 32.4 Å². The van der Waals surface area contributed by atoms with Crippen molar-refractivity contribution in [3.8, 4) is 0 Å². The number of nitrogens with one attached hydrogen (secondary N) is 2. The fourth-order valence-electron chi connectivity index (χ4n) is 2.62. The summed E-state index contributed by atoms with van der Waals surface area (Å²) in [4.78, 5) is 49.0. The molecule has 1 aliphatic rings. The number of benzene rings is 1. The fraction of sp³-hybridized carbons (Fsp3) is 0.412. The van der Waals surface area contributed by atoms with Gasteiger partial charge in [0.25, 0.3) is 11.8 Å². The van der Waals surface area contributed by atoms with E-state index in [1.807, 2.05) is 6.26 Å². The lowest BCUT2D eigenvalue weighted by atomic mass is 10.1. The van der Waals surface area contributed by atoms with Crippen molar-refractivity contribution in [2.24, 2.45) is 0 Å². The van der Waals surface area contributed by atoms with E-state index in [1.54, 1.807) is 13.8 Å². The Labute approximate surface area is 155 Å². The molecule has 2 rings (SSSR count). The maximum absolute atomic E-state index is 12.4. The number of hydrogen-bond acceptors (Lipinski definition) is 5. The number of urea groups is 1. The van der Waals surface area contributed by atoms with Gasteiger partial charge in [-0.2, -0.15) is 11.8 Å². The minimum Gasteiger partial charge on any atom is -0.480 e. The molecular formula is C17H21N3O5S. The normalized spacial score (nSPS) is 14.4. The lowest BCUT2D eigenvalue weighted by molar-refractivity contribution is -0.139. The van der Waals surface area contributed by atoms with Crippen molar-refractivity contribution in [2.75, 3.05) is 17.3 Å². The van der Waals surface area contributed by atoms with Crippen molar-refractivity contribution >= 4 is 41.3 Å². The summed E-state index contributed by atoms with van der Waals surface area (Å²) in [6, 6.07) is 2.46. The number of hydrogen-bond donors (Lipinski definition) is 3. The van der Waals surface area contributed by atoms with E-state index in [2.05, 4.69) is 10.6 Å². The molecule has 26 heavy (non-hydrogen) atoms. The molecule has 8 nitrogen and oxygen atoms in total. The van der Waals surface area contributed by atoms with E-state index in [0.717, 1.165) is 4.90 Å². The zero-order valence-corrected chi connectivity index (χ0v) is 15.6. The van der Waals surface area contributed by atoms with Crippen LogP contribution in [-0.4, -0.2) is 57.9 Å². The Morgan fingerprint density at radius 1 is 1.19 bits per heavy atom. The summed E-state index contributed by atoms with van der Waals surface area (Å²) in [5.41, 5.74) is 0.818. The highest BCUT2D eigenvalue weighted by molar-refractivity contribution is 7.98. The van der Waals surface area contributed by atoms with Crippen LogP contribution in [0.5, 0.6) is 0 Å². The number of aliphatic carboxylic acids is 1. The third-order valence-corrected chi connectivity index (χ3v) is 4.55. The first-order valence-corrected chi connectivity index (χ1v) is 9.46. The number of rotatable bonds is 7. The molecule has 1 aromatic rings. The standard InChI is InChI=1S/C17H21N3O5S/c1-9(2)20-14(21)11-5-4-10(8-12(11)15(20)22)18-17(25)19-13(16(23)24)6-7-26-3/h4-5,8-9,13H,6-7H2,1-3H3,(H,23,24)(H2,18,19,25). The van der Waals surface area contributed by atoms with Gasteiger partial charge < -0.3 is 15.7 Å². The van der Waals surface area contributed by atoms with Crippen molar-refractivity contribution in [3.63, 3.8) is 0 Å². The maximum Gasteiger partial charge on any atom is 0.326 e. The van der Waals surface area contributed by atoms with E-state index >= 15 is 0 Å². The molecule has 140 valence electrons. The van der Waals surface area contributed by atoms with Crippen molar-refractivity contribution in [1.82, 2.24) is 10.2 Å². The van der Waals surface area contributed by atoms with E-state index in [0.29, 0.717) is 17.9 Å². The van der Waals surface area contributed by atoms with Crippen molar-refractivity contribution in [1.29, 1.82) is 0 Å². The molecule has 0 bridgehead atoms. The fourth-order valence-corrected chi connectivity index (χ4v) is 3.10. The molecule has 1 aliphatic heterocycles. The number of nitrogens with zero attached hydrogens (tertiary/aromatic N) is 1. The van der Waals surface area contributed by atoms with Crippen LogP contribution in [0.1, 0.15) is 41.0 Å². The molecule has 9 heteroatoms. The highest BCUT2D eigenvalue weighted by Gasteiger charge is 2.37. The quantitative estimate of drug-likeness (QED) is 0.624. The van der Waals surface area contributed by atoms with Gasteiger partial charge in [0.1, 0.15) is 6.04 Å². The summed E-state index contributed by atoms with van der Waals surface area (Å²) in [6.07, 6.45) is 2.15. The van der Waals surface area contributed by atoms with Gasteiger partial charge >= 0.3 is 12.0 Å². The van der Waals surface area contributed by atoms with Crippen molar-refractivity contribution < 1.29 is 24.3 Å². The molecular weight excluding hydrogens is 358 g/mol. The number of carbonyl (C=O) groups excluding carboxylic acids is 3. The number of thioether (sulfide) groups is 1. The van der Waals surface area contributed by atoms with Crippen LogP contribution >= 0.6 is 11.8 Å². The molecule has 1 aromatic carbocycles. The molecule has 0 aliphatic carbocycles. The van der Waals surface area contributed by atoms with E-state index in [-0.39, 0.29) is 23.1 Å². The third-order valence-electron chi connectivity index (χ3n) is 3.91. The molecule has 0 saturated heterocycles. The van der Waals surface area contributed by atoms with E-state index < -0.39 is 23.9 Å². The highest BCUT2D eigenvalue weighted by atomic mass is 32.2. The van der Waals surface area contributed by atoms with Gasteiger partial charge in [0.05, 0.1) is 11.1 Å². The van der Waals surface area contributed by atoms with E-state index in [9.17, 15) is 19.2 Å². The second-order valence-corrected chi connectivity index (χ2v) is 7.09. The number of fused-ring (bicyclic) bond motifs is 1. The molecule has 4 amide bonds. The second-order valence-electron chi connectivity index (χ2n) is 6.11. The highest BCUT2D eigenvalue weighted by Crippen LogP contribution is 2.27. The molecule has 1 atom stereocenters. The van der Waals surface area contributed by atoms with Gasteiger partial charge in [-0.1, -0.05) is 0 Å². The van der Waals surface area contributed by atoms with Crippen LogP contribution in [0, 0.1) is 0 Å². The van der Waals surface area contributed by atoms with Crippen LogP contribution in [0.2, 0.25) is 0 Å². The summed E-state index contributed by atoms with van der Waals surface area (Å²) in [5, 5.41) is 14.0. The van der Waals surface area contributed by atoms with Crippen molar-refractivity contribution in [3.05, 3.63) is 29.3 Å². The maximum atomic E-state index is 12.4. The molecule has 0 aromatic heterocycles. The van der Waals surface area contributed by atoms with Gasteiger partial charge in [-0.05, 0) is 50.5 Å². The Balaban J connectivity index is 2.10. The second kappa shape index (κ2) is 8.22. The smallest absolute Gasteiger partial charge is 0.326 e. The molecule has 0 fully saturated rings. The van der Waals surface area contributed by atoms with Crippen LogP contribution in [0.4, 0.5) is 10.5 Å². The van der Waals surface area contributed by atoms with E-state index in [4.69, 9.17) is 5.11 Å². The zero-order valence-electron chi connectivity index (χ0n) is 14.7. The lowest BCUT2D eigenvalue weighted by Gasteiger charge is -2.17. The number of anilines is 1. The van der Waals surface area contributed by atoms with Crippen LogP contribution in [0.25, 0.3) is 0 Å². The van der Waals surface area contributed by atoms with Gasteiger partial charge in [0.15, 0.2) is 0 Å². The Morgan fingerprint density at radius 2 is 1.85 bits per heavy atom. The Hall–Kier alpha value is -2.55. The van der Waals surface area contributed by atoms with Gasteiger partial charge in [0, 0.05) is 11.7 Å². The number of carbonyl (C=O) groups is 4. The predicted octanol–water partition coefficient (Wildman–Crippen LogP) is 2.02. The van der Waals surface area contributed by atoms with Gasteiger partial charge in [-0.25, -0.2) is 9.59 Å². The third kappa shape index (κ3) is 4.16. The molecule has 1 unspecified atom stereocenters. The average Bonchev–Trinajstić information content (AvgIpc) is 2.82. The van der Waals surface area contributed by atoms with Gasteiger partial charge in [0.2, 0.25) is 0 Å². The first kappa shape index (κ1) is 19.8. The monoisotopic (exact) mass is 379 g/mol. The lowest BCUT2D eigenvalue weighted by Crippen LogP contribution is -2.43. The Kier molecular flexibility index (Phi) is 6.25. The van der Waals surface area contributed by atoms with Gasteiger partial charge in [-0.3, -0.25) is 14.5 Å². The summed E-state index contributed by atoms with van der Waals surface area (Å²) < 4.78 is 0. The van der Waals surface area contributed by atoms with Crippen LogP contribution in [0.3, 0.4) is 0 Å². The molecule has 0 radical (unpaired) electrons. The molecule has 3 N–H and O–H groups in total. The minimum atomic E-state index is -1.11. The number of carboxylic acid groups (broad SMARTS) is 1. The minimum absolute atomic E-state index is 0.221. The van der Waals surface area contributed by atoms with Crippen LogP contribution in [-0.2, 0) is 4.79 Å². The van der Waals surface area contributed by atoms with Crippen LogP contribution in [0.15, 0.2) is 18.2 Å². The first-order valence-electron chi connectivity index (χ1n) is 8.07. The number of imide groups is 1. The zero-order chi connectivity index (χ0) is 19.4. The van der Waals surface area contributed by atoms with Gasteiger partial charge in [-0.15, -0.1) is 0 Å². The molecule has 0 saturated carbocycles. The molecule has 0 spiro atoms. The summed E-state index contributed by atoms with van der Waals surface area (Å²) in [5.74, 6) is -1.29. The Bertz CT molecular complexity index is 750. The van der Waals surface area contributed by atoms with E-state index in [1.165, 1.54) is 30.0 Å². The number of carboxylic acids is 1. The Morgan fingerprint density at radius 3 is 2.42 bits per heavy atom. The summed E-state index contributed by atoms with van der Waals surface area (Å²) in [7, 11) is 0. The summed E-state index contributed by atoms with van der Waals surface area (Å²) >= 11 is 1.49. The average molecular weight is 379 g/mol.